The second kappa shape index (κ2) is 21.2. The standard InChI is InChI=1S/C47H42ClFN4O12S/c48-41-37-14-12-34(42(41)54)39-40-45(51-25-52-46(40)66-43(39)28-7-9-30(49)10-8-28)64-38(47(55)56)23-29-21-26(5-11-32(63-37)22-27(16-19-61-57)17-20-62-58)6-13-35(29)60-24-31-15-18-50-44(53-31)33-3-1-2-4-36(33)65-59/h1-4,6-10,12-15,18,21,25,27,32,38,54,57-59H,5,11,16-17,19-20,22-24H2,(H,55,56)/t32-,38+/m0/s1. The number of hydrogen-bond acceptors (Lipinski definition) is 16. The maximum Gasteiger partial charge on any atom is 0.345 e. The largest absolute Gasteiger partial charge is 0.506 e. The molecule has 2 atom stereocenters. The highest BCUT2D eigenvalue weighted by molar-refractivity contribution is 7.22. The first-order chi connectivity index (χ1) is 32.1. The van der Waals surface area contributed by atoms with Crippen molar-refractivity contribution in [2.24, 2.45) is 5.92 Å². The molecular weight excluding hydrogens is 899 g/mol. The van der Waals surface area contributed by atoms with E-state index in [1.54, 1.807) is 66.9 Å². The van der Waals surface area contributed by atoms with Crippen LogP contribution in [0, 0.1) is 11.7 Å². The van der Waals surface area contributed by atoms with E-state index in [0.29, 0.717) is 75.5 Å². The summed E-state index contributed by atoms with van der Waals surface area (Å²) in [7, 11) is 0. The highest BCUT2D eigenvalue weighted by Gasteiger charge is 2.30. The monoisotopic (exact) mass is 940 g/mol. The zero-order valence-electron chi connectivity index (χ0n) is 34.9. The minimum atomic E-state index is -1.53. The van der Waals surface area contributed by atoms with E-state index in [2.05, 4.69) is 34.6 Å². The third kappa shape index (κ3) is 10.5. The quantitative estimate of drug-likeness (QED) is 0.0476. The molecule has 0 spiro atoms. The summed E-state index contributed by atoms with van der Waals surface area (Å²) in [4.78, 5) is 45.3. The van der Waals surface area contributed by atoms with Gasteiger partial charge in [-0.05, 0) is 103 Å². The highest BCUT2D eigenvalue weighted by Crippen LogP contribution is 2.52. The van der Waals surface area contributed by atoms with Gasteiger partial charge >= 0.3 is 5.97 Å². The van der Waals surface area contributed by atoms with Crippen LogP contribution in [-0.4, -0.2) is 77.3 Å². The van der Waals surface area contributed by atoms with Crippen molar-refractivity contribution in [3.63, 3.8) is 0 Å². The maximum absolute atomic E-state index is 14.2. The fraction of sp³-hybridized carbons (Fsp3) is 0.255. The molecule has 2 aliphatic heterocycles. The van der Waals surface area contributed by atoms with Crippen LogP contribution in [0.1, 0.15) is 42.5 Å². The number of aromatic nitrogens is 4. The number of thiophene rings is 1. The number of ether oxygens (including phenoxy) is 3. The van der Waals surface area contributed by atoms with E-state index in [0.717, 1.165) is 5.56 Å². The zero-order chi connectivity index (χ0) is 46.2. The Morgan fingerprint density at radius 3 is 2.45 bits per heavy atom. The van der Waals surface area contributed by atoms with Crippen LogP contribution < -0.4 is 19.1 Å². The van der Waals surface area contributed by atoms with E-state index in [-0.39, 0.29) is 77.1 Å². The van der Waals surface area contributed by atoms with Crippen molar-refractivity contribution >= 4 is 39.1 Å². The van der Waals surface area contributed by atoms with Crippen molar-refractivity contribution in [2.75, 3.05) is 13.2 Å². The first-order valence-electron chi connectivity index (χ1n) is 20.8. The van der Waals surface area contributed by atoms with Gasteiger partial charge in [0.25, 0.3) is 0 Å². The summed E-state index contributed by atoms with van der Waals surface area (Å²) < 4.78 is 33.6. The summed E-state index contributed by atoms with van der Waals surface area (Å²) in [5, 5.41) is 50.7. The number of nitrogens with zero attached hydrogens (tertiary/aromatic N) is 4. The van der Waals surface area contributed by atoms with Crippen LogP contribution >= 0.6 is 22.9 Å². The van der Waals surface area contributed by atoms with Crippen LogP contribution in [0.25, 0.3) is 43.2 Å². The number of fused-ring (bicyclic) bond motifs is 7. The second-order valence-corrected chi connectivity index (χ2v) is 16.8. The molecule has 5 N–H and O–H groups in total. The highest BCUT2D eigenvalue weighted by atomic mass is 35.5. The van der Waals surface area contributed by atoms with Crippen molar-refractivity contribution in [1.82, 2.24) is 19.9 Å². The number of benzene rings is 4. The van der Waals surface area contributed by atoms with Gasteiger partial charge in [-0.25, -0.2) is 44.2 Å². The van der Waals surface area contributed by atoms with Gasteiger partial charge in [0.05, 0.1) is 36.0 Å². The molecule has 9 rings (SSSR count). The Kier molecular flexibility index (Phi) is 14.8. The SMILES string of the molecule is O=C(O)[C@H]1Cc2cc(ccc2OCc2ccnc(-c3ccccc3OO)n2)CC[C@@H](CC(CCOO)CCOO)Oc2ccc(c(O)c2Cl)-c2c(-c3ccc(F)cc3)sc3ncnc(c23)O1. The van der Waals surface area contributed by atoms with Gasteiger partial charge in [-0.2, -0.15) is 0 Å². The average Bonchev–Trinajstić information content (AvgIpc) is 3.72. The molecule has 7 aromatic rings. The fourth-order valence-electron chi connectivity index (χ4n) is 7.91. The molecule has 3 aromatic heterocycles. The molecule has 5 heterocycles. The van der Waals surface area contributed by atoms with Crippen LogP contribution in [0.4, 0.5) is 4.39 Å². The lowest BCUT2D eigenvalue weighted by atomic mass is 9.92. The third-order valence-electron chi connectivity index (χ3n) is 11.2. The predicted molar refractivity (Wildman–Crippen MR) is 239 cm³/mol. The van der Waals surface area contributed by atoms with E-state index in [1.165, 1.54) is 29.8 Å². The van der Waals surface area contributed by atoms with E-state index in [1.807, 2.05) is 12.1 Å². The Labute approximate surface area is 385 Å². The van der Waals surface area contributed by atoms with Gasteiger partial charge in [-0.15, -0.1) is 11.3 Å². The number of para-hydroxylation sites is 1. The van der Waals surface area contributed by atoms with E-state index >= 15 is 0 Å². The second-order valence-electron chi connectivity index (χ2n) is 15.4. The Morgan fingerprint density at radius 2 is 1.70 bits per heavy atom. The molecule has 0 radical (unpaired) electrons. The number of phenols is 1. The molecule has 342 valence electrons. The molecule has 2 aliphatic rings. The van der Waals surface area contributed by atoms with Crippen LogP contribution in [0.3, 0.4) is 0 Å². The fourth-order valence-corrected chi connectivity index (χ4v) is 9.27. The molecule has 0 saturated carbocycles. The Hall–Kier alpha value is -6.51. The molecular formula is C47H42ClFN4O12S. The van der Waals surface area contributed by atoms with E-state index in [9.17, 15) is 35.2 Å². The predicted octanol–water partition coefficient (Wildman–Crippen LogP) is 9.95. The number of carboxylic acid groups (broad SMARTS) is 1. The Bertz CT molecular complexity index is 2810. The summed E-state index contributed by atoms with van der Waals surface area (Å²) in [5.41, 5.74) is 3.38. The summed E-state index contributed by atoms with van der Waals surface area (Å²) in [5.74, 6) is -1.38. The van der Waals surface area contributed by atoms with Crippen LogP contribution in [0.15, 0.2) is 97.5 Å². The smallest absolute Gasteiger partial charge is 0.345 e. The summed E-state index contributed by atoms with van der Waals surface area (Å²) in [6.07, 6.45) is 2.55. The topological polar surface area (TPSA) is 225 Å². The number of aryl methyl sites for hydroxylation is 1. The maximum atomic E-state index is 14.2. The molecule has 66 heavy (non-hydrogen) atoms. The van der Waals surface area contributed by atoms with Gasteiger partial charge < -0.3 is 29.3 Å². The lowest BCUT2D eigenvalue weighted by Crippen LogP contribution is -2.30. The molecule has 16 nitrogen and oxygen atoms in total. The number of carbonyl (C=O) groups is 1. The van der Waals surface area contributed by atoms with Gasteiger partial charge in [-0.3, -0.25) is 10.5 Å². The molecule has 0 fully saturated rings. The third-order valence-corrected chi connectivity index (χ3v) is 12.7. The van der Waals surface area contributed by atoms with Gasteiger partial charge in [0.2, 0.25) is 12.0 Å². The van der Waals surface area contributed by atoms with Crippen molar-refractivity contribution in [3.8, 4) is 61.8 Å². The van der Waals surface area contributed by atoms with Gasteiger partial charge in [0, 0.05) is 28.6 Å². The Balaban J connectivity index is 1.23. The molecule has 4 bridgehead atoms. The number of aromatic hydroxyl groups is 1. The number of rotatable bonds is 15. The minimum Gasteiger partial charge on any atom is -0.506 e. The number of halogens is 2. The molecule has 0 aliphatic carbocycles. The average molecular weight is 941 g/mol. The van der Waals surface area contributed by atoms with Crippen molar-refractivity contribution < 1.29 is 64.0 Å². The van der Waals surface area contributed by atoms with Crippen LogP contribution in [0.2, 0.25) is 5.02 Å². The minimum absolute atomic E-state index is 0.0219. The van der Waals surface area contributed by atoms with Gasteiger partial charge in [0.1, 0.15) is 45.9 Å². The molecule has 0 saturated heterocycles. The lowest BCUT2D eigenvalue weighted by Gasteiger charge is -2.25. The zero-order valence-corrected chi connectivity index (χ0v) is 36.5. The van der Waals surface area contributed by atoms with Gasteiger partial charge in [0.15, 0.2) is 11.6 Å². The lowest BCUT2D eigenvalue weighted by molar-refractivity contribution is -0.251. The van der Waals surface area contributed by atoms with Crippen molar-refractivity contribution in [3.05, 3.63) is 125 Å². The molecule has 0 amide bonds. The van der Waals surface area contributed by atoms with E-state index < -0.39 is 24.0 Å². The normalized spacial score (nSPS) is 15.0. The summed E-state index contributed by atoms with van der Waals surface area (Å²) in [6, 6.07) is 22.8. The number of aliphatic carboxylic acids is 1. The van der Waals surface area contributed by atoms with Crippen molar-refractivity contribution in [2.45, 2.75) is 57.3 Å². The van der Waals surface area contributed by atoms with Crippen molar-refractivity contribution in [1.29, 1.82) is 0 Å². The molecule has 4 aromatic carbocycles. The molecule has 19 heteroatoms. The number of carboxylic acids is 1. The van der Waals surface area contributed by atoms with Crippen LogP contribution in [0.5, 0.6) is 28.9 Å². The summed E-state index contributed by atoms with van der Waals surface area (Å²) >= 11 is 8.17. The van der Waals surface area contributed by atoms with Gasteiger partial charge in [-0.1, -0.05) is 48.0 Å². The van der Waals surface area contributed by atoms with Crippen LogP contribution in [-0.2, 0) is 34.0 Å². The molecule has 0 unspecified atom stereocenters. The number of phenolic OH excluding ortho intramolecular Hbond substituents is 1. The Morgan fingerprint density at radius 1 is 0.909 bits per heavy atom. The first kappa shape index (κ1) is 46.0. The number of hydrogen-bond donors (Lipinski definition) is 5. The first-order valence-corrected chi connectivity index (χ1v) is 21.9. The summed E-state index contributed by atoms with van der Waals surface area (Å²) in [6.45, 7) is -0.00436. The van der Waals surface area contributed by atoms with E-state index in [4.69, 9.17) is 25.8 Å².